The van der Waals surface area contributed by atoms with Crippen LogP contribution in [0, 0.1) is 0 Å². The highest BCUT2D eigenvalue weighted by Crippen LogP contribution is 2.28. The summed E-state index contributed by atoms with van der Waals surface area (Å²) in [6, 6.07) is 18.1. The first-order valence-corrected chi connectivity index (χ1v) is 9.02. The van der Waals surface area contributed by atoms with Crippen LogP contribution in [0.2, 0.25) is 0 Å². The topological polar surface area (TPSA) is 107 Å². The van der Waals surface area contributed by atoms with E-state index in [1.807, 2.05) is 44.2 Å². The summed E-state index contributed by atoms with van der Waals surface area (Å²) in [7, 11) is 1.40. The first-order valence-electron chi connectivity index (χ1n) is 9.02. The van der Waals surface area contributed by atoms with Crippen LogP contribution in [-0.4, -0.2) is 29.1 Å². The van der Waals surface area contributed by atoms with Crippen molar-refractivity contribution >= 4 is 11.6 Å². The van der Waals surface area contributed by atoms with E-state index in [0.29, 0.717) is 17.5 Å². The zero-order valence-corrected chi connectivity index (χ0v) is 16.6. The van der Waals surface area contributed by atoms with Crippen LogP contribution in [0.5, 0.6) is 23.0 Å². The van der Waals surface area contributed by atoms with Gasteiger partial charge >= 0.3 is 0 Å². The van der Waals surface area contributed by atoms with E-state index >= 15 is 0 Å². The van der Waals surface area contributed by atoms with E-state index in [4.69, 9.17) is 15.2 Å². The molecule has 0 fully saturated rings. The standard InChI is InChI=1S/C19H16N2O4.C3H9N/c1-24-16-11-12-20-17(18(16)22)19(23)21-13-7-9-15(10-8-13)25-14-5-3-2-4-6-14;1-3(2)4/h2-12,22H,1H3,(H,21,23);3H,4H2,1-2H3. The van der Waals surface area contributed by atoms with Gasteiger partial charge in [0.2, 0.25) is 0 Å². The number of methoxy groups -OCH3 is 1. The van der Waals surface area contributed by atoms with Crippen LogP contribution >= 0.6 is 0 Å². The smallest absolute Gasteiger partial charge is 0.278 e. The summed E-state index contributed by atoms with van der Waals surface area (Å²) in [4.78, 5) is 16.1. The van der Waals surface area contributed by atoms with Gasteiger partial charge in [-0.05, 0) is 42.4 Å². The van der Waals surface area contributed by atoms with Gasteiger partial charge in [0.15, 0.2) is 17.2 Å². The third-order valence-corrected chi connectivity index (χ3v) is 3.41. The summed E-state index contributed by atoms with van der Waals surface area (Å²) in [5, 5.41) is 12.6. The molecule has 1 amide bonds. The molecule has 4 N–H and O–H groups in total. The van der Waals surface area contributed by atoms with Crippen molar-refractivity contribution in [2.24, 2.45) is 5.73 Å². The Labute approximate surface area is 170 Å². The van der Waals surface area contributed by atoms with Gasteiger partial charge in [-0.1, -0.05) is 32.0 Å². The number of anilines is 1. The maximum absolute atomic E-state index is 12.3. The van der Waals surface area contributed by atoms with Crippen molar-refractivity contribution in [2.45, 2.75) is 19.9 Å². The Bertz CT molecular complexity index is 910. The Morgan fingerprint density at radius 1 is 1.03 bits per heavy atom. The van der Waals surface area contributed by atoms with Crippen LogP contribution in [0.3, 0.4) is 0 Å². The van der Waals surface area contributed by atoms with Crippen molar-refractivity contribution in [2.75, 3.05) is 12.4 Å². The molecular formula is C22H25N3O4. The molecule has 0 spiro atoms. The lowest BCUT2D eigenvalue weighted by molar-refractivity contribution is 0.101. The molecule has 29 heavy (non-hydrogen) atoms. The number of amides is 1. The zero-order chi connectivity index (χ0) is 21.2. The van der Waals surface area contributed by atoms with E-state index in [-0.39, 0.29) is 17.2 Å². The van der Waals surface area contributed by atoms with Gasteiger partial charge < -0.3 is 25.6 Å². The largest absolute Gasteiger partial charge is 0.503 e. The molecule has 0 radical (unpaired) electrons. The van der Waals surface area contributed by atoms with Gasteiger partial charge in [0.05, 0.1) is 7.11 Å². The molecule has 152 valence electrons. The number of nitrogens with two attached hydrogens (primary N) is 1. The van der Waals surface area contributed by atoms with Gasteiger partial charge in [0.1, 0.15) is 11.5 Å². The highest BCUT2D eigenvalue weighted by atomic mass is 16.5. The van der Waals surface area contributed by atoms with Crippen LogP contribution in [0.4, 0.5) is 5.69 Å². The van der Waals surface area contributed by atoms with Gasteiger partial charge in [-0.25, -0.2) is 4.98 Å². The number of pyridine rings is 1. The highest BCUT2D eigenvalue weighted by Gasteiger charge is 2.16. The monoisotopic (exact) mass is 395 g/mol. The first kappa shape index (κ1) is 21.7. The third kappa shape index (κ3) is 6.82. The Balaban J connectivity index is 0.000000687. The van der Waals surface area contributed by atoms with Gasteiger partial charge in [-0.2, -0.15) is 0 Å². The average molecular weight is 395 g/mol. The quantitative estimate of drug-likeness (QED) is 0.598. The van der Waals surface area contributed by atoms with Crippen molar-refractivity contribution in [1.29, 1.82) is 0 Å². The molecule has 3 rings (SSSR count). The number of benzene rings is 2. The fraction of sp³-hybridized carbons (Fsp3) is 0.182. The normalized spacial score (nSPS) is 9.97. The molecule has 7 heteroatoms. The van der Waals surface area contributed by atoms with Crippen molar-refractivity contribution < 1.29 is 19.4 Å². The van der Waals surface area contributed by atoms with Crippen molar-refractivity contribution in [1.82, 2.24) is 4.98 Å². The molecule has 1 heterocycles. The molecule has 0 unspecified atom stereocenters. The number of hydrogen-bond donors (Lipinski definition) is 3. The molecule has 1 aromatic heterocycles. The molecule has 0 bridgehead atoms. The van der Waals surface area contributed by atoms with Crippen LogP contribution in [-0.2, 0) is 0 Å². The number of ether oxygens (including phenoxy) is 2. The van der Waals surface area contributed by atoms with E-state index < -0.39 is 5.91 Å². The number of hydrogen-bond acceptors (Lipinski definition) is 6. The average Bonchev–Trinajstić information content (AvgIpc) is 2.70. The summed E-state index contributed by atoms with van der Waals surface area (Å²) in [5.74, 6) is 0.725. The summed E-state index contributed by atoms with van der Waals surface area (Å²) in [6.45, 7) is 3.89. The minimum Gasteiger partial charge on any atom is -0.503 e. The minimum atomic E-state index is -0.534. The molecule has 0 atom stereocenters. The molecule has 2 aromatic carbocycles. The lowest BCUT2D eigenvalue weighted by Gasteiger charge is -2.09. The van der Waals surface area contributed by atoms with Gasteiger partial charge in [-0.3, -0.25) is 4.79 Å². The number of aromatic hydroxyl groups is 1. The summed E-state index contributed by atoms with van der Waals surface area (Å²) < 4.78 is 10.7. The molecule has 0 aliphatic carbocycles. The Morgan fingerprint density at radius 3 is 2.21 bits per heavy atom. The molecule has 0 saturated carbocycles. The lowest BCUT2D eigenvalue weighted by atomic mass is 10.2. The second-order valence-corrected chi connectivity index (χ2v) is 6.35. The second kappa shape index (κ2) is 10.7. The number of nitrogens with one attached hydrogen (secondary N) is 1. The van der Waals surface area contributed by atoms with E-state index in [1.165, 1.54) is 19.4 Å². The molecule has 7 nitrogen and oxygen atoms in total. The predicted octanol–water partition coefficient (Wildman–Crippen LogP) is 4.19. The van der Waals surface area contributed by atoms with Gasteiger partial charge in [-0.15, -0.1) is 0 Å². The SMILES string of the molecule is CC(C)N.COc1ccnc(C(=O)Nc2ccc(Oc3ccccc3)cc2)c1O. The maximum Gasteiger partial charge on any atom is 0.278 e. The summed E-state index contributed by atoms with van der Waals surface area (Å²) in [5.41, 5.74) is 5.55. The van der Waals surface area contributed by atoms with E-state index in [0.717, 1.165) is 5.75 Å². The van der Waals surface area contributed by atoms with Crippen molar-refractivity contribution in [3.05, 3.63) is 72.6 Å². The van der Waals surface area contributed by atoms with Crippen LogP contribution in [0.15, 0.2) is 66.9 Å². The Hall–Kier alpha value is -3.58. The van der Waals surface area contributed by atoms with Crippen molar-refractivity contribution in [3.63, 3.8) is 0 Å². The fourth-order valence-corrected chi connectivity index (χ4v) is 2.19. The summed E-state index contributed by atoms with van der Waals surface area (Å²) in [6.07, 6.45) is 1.39. The van der Waals surface area contributed by atoms with E-state index in [1.54, 1.807) is 24.3 Å². The lowest BCUT2D eigenvalue weighted by Crippen LogP contribution is -2.14. The zero-order valence-electron chi connectivity index (χ0n) is 16.6. The van der Waals surface area contributed by atoms with Crippen LogP contribution in [0.1, 0.15) is 24.3 Å². The summed E-state index contributed by atoms with van der Waals surface area (Å²) >= 11 is 0. The molecular weight excluding hydrogens is 370 g/mol. The number of rotatable bonds is 5. The Morgan fingerprint density at radius 2 is 1.62 bits per heavy atom. The maximum atomic E-state index is 12.3. The van der Waals surface area contributed by atoms with Crippen molar-refractivity contribution in [3.8, 4) is 23.0 Å². The number of carbonyl (C=O) groups excluding carboxylic acids is 1. The number of carbonyl (C=O) groups is 1. The van der Waals surface area contributed by atoms with Gasteiger partial charge in [0, 0.05) is 18.0 Å². The van der Waals surface area contributed by atoms with Crippen LogP contribution in [0.25, 0.3) is 0 Å². The third-order valence-electron chi connectivity index (χ3n) is 3.41. The molecule has 3 aromatic rings. The predicted molar refractivity (Wildman–Crippen MR) is 113 cm³/mol. The van der Waals surface area contributed by atoms with E-state index in [2.05, 4.69) is 10.3 Å². The van der Waals surface area contributed by atoms with Gasteiger partial charge in [0.25, 0.3) is 5.91 Å². The second-order valence-electron chi connectivity index (χ2n) is 6.35. The van der Waals surface area contributed by atoms with Crippen LogP contribution < -0.4 is 20.5 Å². The number of aromatic nitrogens is 1. The minimum absolute atomic E-state index is 0.107. The molecule has 0 saturated heterocycles. The highest BCUT2D eigenvalue weighted by molar-refractivity contribution is 6.05. The fourth-order valence-electron chi connectivity index (χ4n) is 2.19. The first-order chi connectivity index (χ1) is 13.9. The van der Waals surface area contributed by atoms with E-state index in [9.17, 15) is 9.90 Å². The molecule has 0 aliphatic rings. The number of nitrogens with zero attached hydrogens (tertiary/aromatic N) is 1. The molecule has 0 aliphatic heterocycles. The number of para-hydroxylation sites is 1. The Kier molecular flexibility index (Phi) is 8.00.